The van der Waals surface area contributed by atoms with Crippen molar-refractivity contribution in [3.8, 4) is 12.3 Å². The summed E-state index contributed by atoms with van der Waals surface area (Å²) in [6.07, 6.45) is 5.06. The van der Waals surface area contributed by atoms with E-state index in [9.17, 15) is 4.79 Å². The number of likely N-dealkylation sites (N-methyl/N-ethyl adjacent to an activating group) is 1. The van der Waals surface area contributed by atoms with E-state index in [1.54, 1.807) is 0 Å². The van der Waals surface area contributed by atoms with E-state index in [1.807, 2.05) is 37.1 Å². The number of nitrogens with zero attached hydrogens (tertiary/aromatic N) is 2. The molecule has 1 amide bonds. The van der Waals surface area contributed by atoms with Gasteiger partial charge in [0.1, 0.15) is 0 Å². The topological polar surface area (TPSA) is 45.2 Å². The van der Waals surface area contributed by atoms with Crippen LogP contribution >= 0.6 is 0 Å². The van der Waals surface area contributed by atoms with Crippen LogP contribution in [0.4, 0.5) is 0 Å². The van der Waals surface area contributed by atoms with Crippen LogP contribution in [0.3, 0.4) is 0 Å². The van der Waals surface area contributed by atoms with E-state index in [4.69, 9.17) is 6.42 Å². The van der Waals surface area contributed by atoms with Crippen LogP contribution in [0.2, 0.25) is 0 Å². The number of carbonyl (C=O) groups is 1. The lowest BCUT2D eigenvalue weighted by Crippen LogP contribution is -2.35. The quantitative estimate of drug-likeness (QED) is 0.754. The number of pyridine rings is 1. The molecular formula is C13H17N3O. The van der Waals surface area contributed by atoms with Crippen molar-refractivity contribution in [2.75, 3.05) is 20.1 Å². The van der Waals surface area contributed by atoms with Crippen LogP contribution < -0.4 is 5.32 Å². The number of terminal acetylenes is 1. The van der Waals surface area contributed by atoms with Gasteiger partial charge in [0.2, 0.25) is 5.91 Å². The molecule has 0 spiro atoms. The molecule has 0 aliphatic rings. The van der Waals surface area contributed by atoms with Crippen molar-refractivity contribution in [2.45, 2.75) is 13.5 Å². The summed E-state index contributed by atoms with van der Waals surface area (Å²) in [6, 6.07) is 5.86. The number of aryl methyl sites for hydroxylation is 1. The molecule has 1 heterocycles. The molecule has 4 nitrogen and oxygen atoms in total. The second-order valence-electron chi connectivity index (χ2n) is 3.92. The Morgan fingerprint density at radius 2 is 2.35 bits per heavy atom. The Morgan fingerprint density at radius 1 is 1.59 bits per heavy atom. The van der Waals surface area contributed by atoms with E-state index in [-0.39, 0.29) is 12.5 Å². The van der Waals surface area contributed by atoms with Crippen LogP contribution in [0.15, 0.2) is 18.2 Å². The van der Waals surface area contributed by atoms with Gasteiger partial charge in [-0.2, -0.15) is 0 Å². The lowest BCUT2D eigenvalue weighted by Gasteiger charge is -2.15. The molecule has 0 bridgehead atoms. The molecule has 17 heavy (non-hydrogen) atoms. The Labute approximate surface area is 102 Å². The van der Waals surface area contributed by atoms with E-state index in [1.165, 1.54) is 0 Å². The van der Waals surface area contributed by atoms with Crippen LogP contribution in [0.1, 0.15) is 11.4 Å². The summed E-state index contributed by atoms with van der Waals surface area (Å²) < 4.78 is 0. The summed E-state index contributed by atoms with van der Waals surface area (Å²) in [6.45, 7) is 3.18. The summed E-state index contributed by atoms with van der Waals surface area (Å²) in [4.78, 5) is 17.7. The van der Waals surface area contributed by atoms with Crippen molar-refractivity contribution in [1.29, 1.82) is 0 Å². The molecule has 90 valence electrons. The Bertz CT molecular complexity index is 423. The number of aromatic nitrogens is 1. The molecule has 1 N–H and O–H groups in total. The van der Waals surface area contributed by atoms with Crippen LogP contribution in [-0.4, -0.2) is 35.9 Å². The zero-order chi connectivity index (χ0) is 12.7. The second-order valence-corrected chi connectivity index (χ2v) is 3.92. The molecule has 0 unspecified atom stereocenters. The van der Waals surface area contributed by atoms with Crippen molar-refractivity contribution in [1.82, 2.24) is 15.2 Å². The van der Waals surface area contributed by atoms with Crippen molar-refractivity contribution in [3.05, 3.63) is 29.6 Å². The van der Waals surface area contributed by atoms with E-state index >= 15 is 0 Å². The maximum absolute atomic E-state index is 11.4. The van der Waals surface area contributed by atoms with Gasteiger partial charge in [-0.3, -0.25) is 14.7 Å². The maximum Gasteiger partial charge on any atom is 0.234 e. The number of nitrogens with one attached hydrogen (secondary N) is 1. The van der Waals surface area contributed by atoms with Gasteiger partial charge in [-0.25, -0.2) is 0 Å². The van der Waals surface area contributed by atoms with Gasteiger partial charge in [0.15, 0.2) is 0 Å². The third kappa shape index (κ3) is 5.14. The van der Waals surface area contributed by atoms with Gasteiger partial charge in [-0.05, 0) is 26.1 Å². The summed E-state index contributed by atoms with van der Waals surface area (Å²) in [5.74, 6) is 2.30. The highest BCUT2D eigenvalue weighted by Crippen LogP contribution is 2.01. The monoisotopic (exact) mass is 231 g/mol. The highest BCUT2D eigenvalue weighted by Gasteiger charge is 2.06. The molecular weight excluding hydrogens is 214 g/mol. The van der Waals surface area contributed by atoms with Crippen molar-refractivity contribution >= 4 is 5.91 Å². The van der Waals surface area contributed by atoms with Crippen LogP contribution in [0.5, 0.6) is 0 Å². The lowest BCUT2D eigenvalue weighted by molar-refractivity contribution is -0.121. The predicted octanol–water partition coefficient (Wildman–Crippen LogP) is 0.571. The van der Waals surface area contributed by atoms with Gasteiger partial charge in [0.05, 0.1) is 18.8 Å². The molecule has 0 aliphatic heterocycles. The molecule has 4 heteroatoms. The summed E-state index contributed by atoms with van der Waals surface area (Å²) in [5.41, 5.74) is 1.94. The Morgan fingerprint density at radius 3 is 3.00 bits per heavy atom. The zero-order valence-electron chi connectivity index (χ0n) is 10.2. The SMILES string of the molecule is C#CCNC(=O)CN(C)Cc1cccc(C)n1. The molecule has 1 aromatic heterocycles. The average molecular weight is 231 g/mol. The fraction of sp³-hybridized carbons (Fsp3) is 0.385. The van der Waals surface area contributed by atoms with Crippen LogP contribution in [0, 0.1) is 19.3 Å². The standard InChI is InChI=1S/C13H17N3O/c1-4-8-14-13(17)10-16(3)9-12-7-5-6-11(2)15-12/h1,5-7H,8-10H2,2-3H3,(H,14,17). The van der Waals surface area contributed by atoms with E-state index in [0.717, 1.165) is 11.4 Å². The first-order valence-electron chi connectivity index (χ1n) is 5.43. The number of carbonyl (C=O) groups excluding carboxylic acids is 1. The van der Waals surface area contributed by atoms with Gasteiger partial charge < -0.3 is 5.32 Å². The van der Waals surface area contributed by atoms with Gasteiger partial charge in [-0.1, -0.05) is 12.0 Å². The fourth-order valence-corrected chi connectivity index (χ4v) is 1.47. The molecule has 1 aromatic rings. The number of rotatable bonds is 5. The Hall–Kier alpha value is -1.86. The Balaban J connectivity index is 2.42. The second kappa shape index (κ2) is 6.66. The van der Waals surface area contributed by atoms with Crippen molar-refractivity contribution in [3.63, 3.8) is 0 Å². The first-order chi connectivity index (χ1) is 8.11. The third-order valence-electron chi connectivity index (χ3n) is 2.18. The molecule has 0 atom stereocenters. The number of hydrogen-bond acceptors (Lipinski definition) is 3. The maximum atomic E-state index is 11.4. The summed E-state index contributed by atoms with van der Waals surface area (Å²) in [7, 11) is 1.87. The van der Waals surface area contributed by atoms with Gasteiger partial charge in [0.25, 0.3) is 0 Å². The minimum Gasteiger partial charge on any atom is -0.344 e. The first kappa shape index (κ1) is 13.2. The predicted molar refractivity (Wildman–Crippen MR) is 67.2 cm³/mol. The smallest absolute Gasteiger partial charge is 0.234 e. The first-order valence-corrected chi connectivity index (χ1v) is 5.43. The molecule has 0 radical (unpaired) electrons. The van der Waals surface area contributed by atoms with Gasteiger partial charge in [0, 0.05) is 12.2 Å². The highest BCUT2D eigenvalue weighted by atomic mass is 16.1. The van der Waals surface area contributed by atoms with Gasteiger partial charge in [-0.15, -0.1) is 6.42 Å². The molecule has 0 fully saturated rings. The fourth-order valence-electron chi connectivity index (χ4n) is 1.47. The van der Waals surface area contributed by atoms with E-state index in [0.29, 0.717) is 13.1 Å². The van der Waals surface area contributed by atoms with E-state index < -0.39 is 0 Å². The third-order valence-corrected chi connectivity index (χ3v) is 2.18. The molecule has 0 saturated heterocycles. The normalized spacial score (nSPS) is 10.0. The van der Waals surface area contributed by atoms with Crippen molar-refractivity contribution < 1.29 is 4.79 Å². The van der Waals surface area contributed by atoms with Crippen LogP contribution in [0.25, 0.3) is 0 Å². The summed E-state index contributed by atoms with van der Waals surface area (Å²) >= 11 is 0. The molecule has 1 rings (SSSR count). The number of hydrogen-bond donors (Lipinski definition) is 1. The Kier molecular flexibility index (Phi) is 5.18. The molecule has 0 aliphatic carbocycles. The minimum absolute atomic E-state index is 0.0712. The van der Waals surface area contributed by atoms with Crippen LogP contribution in [-0.2, 0) is 11.3 Å². The largest absolute Gasteiger partial charge is 0.344 e. The number of amides is 1. The van der Waals surface area contributed by atoms with E-state index in [2.05, 4.69) is 16.2 Å². The van der Waals surface area contributed by atoms with Crippen molar-refractivity contribution in [2.24, 2.45) is 0 Å². The van der Waals surface area contributed by atoms with Gasteiger partial charge >= 0.3 is 0 Å². The highest BCUT2D eigenvalue weighted by molar-refractivity contribution is 5.78. The lowest BCUT2D eigenvalue weighted by atomic mass is 10.3. The molecule has 0 aromatic carbocycles. The minimum atomic E-state index is -0.0712. The zero-order valence-corrected chi connectivity index (χ0v) is 10.2. The summed E-state index contributed by atoms with van der Waals surface area (Å²) in [5, 5.41) is 2.62. The molecule has 0 saturated carbocycles. The average Bonchev–Trinajstić information content (AvgIpc) is 2.26.